The summed E-state index contributed by atoms with van der Waals surface area (Å²) >= 11 is 0. The molecule has 0 radical (unpaired) electrons. The molecule has 1 N–H and O–H groups in total. The molecule has 0 aromatic rings. The fraction of sp³-hybridized carbons (Fsp3) is 1.00. The van der Waals surface area contributed by atoms with Crippen LogP contribution in [0.15, 0.2) is 0 Å². The van der Waals surface area contributed by atoms with E-state index in [4.69, 9.17) is 0 Å². The highest BCUT2D eigenvalue weighted by Gasteiger charge is 2.34. The van der Waals surface area contributed by atoms with Gasteiger partial charge in [-0.2, -0.15) is 0 Å². The highest BCUT2D eigenvalue weighted by atomic mass is 15.3. The van der Waals surface area contributed by atoms with Crippen molar-refractivity contribution in [1.82, 2.24) is 10.2 Å². The number of piperazine rings is 1. The van der Waals surface area contributed by atoms with E-state index in [1.54, 1.807) is 0 Å². The molecule has 1 heterocycles. The molecule has 0 spiro atoms. The molecule has 1 saturated heterocycles. The minimum atomic E-state index is 0.737. The van der Waals surface area contributed by atoms with E-state index in [9.17, 15) is 0 Å². The van der Waals surface area contributed by atoms with Crippen LogP contribution in [0.1, 0.15) is 78.6 Å². The molecule has 2 nitrogen and oxygen atoms in total. The van der Waals surface area contributed by atoms with Crippen molar-refractivity contribution in [2.75, 3.05) is 13.1 Å². The molecule has 2 fully saturated rings. The normalized spacial score (nSPS) is 31.4. The van der Waals surface area contributed by atoms with Gasteiger partial charge >= 0.3 is 0 Å². The van der Waals surface area contributed by atoms with E-state index in [1.807, 2.05) is 0 Å². The summed E-state index contributed by atoms with van der Waals surface area (Å²) in [4.78, 5) is 2.91. The smallest absolute Gasteiger partial charge is 0.0221 e. The van der Waals surface area contributed by atoms with Gasteiger partial charge in [0.1, 0.15) is 0 Å². The molecular formula is C18H36N2. The zero-order valence-electron chi connectivity index (χ0n) is 14.0. The molecule has 0 amide bonds. The maximum absolute atomic E-state index is 3.79. The third kappa shape index (κ3) is 3.98. The van der Waals surface area contributed by atoms with Gasteiger partial charge in [-0.1, -0.05) is 46.5 Å². The van der Waals surface area contributed by atoms with Gasteiger partial charge in [-0.05, 0) is 38.0 Å². The molecule has 1 saturated carbocycles. The average molecular weight is 280 g/mol. The van der Waals surface area contributed by atoms with Crippen LogP contribution in [0.3, 0.4) is 0 Å². The number of hydrogen-bond donors (Lipinski definition) is 1. The Morgan fingerprint density at radius 2 is 1.85 bits per heavy atom. The van der Waals surface area contributed by atoms with E-state index in [0.29, 0.717) is 0 Å². The topological polar surface area (TPSA) is 15.3 Å². The van der Waals surface area contributed by atoms with Crippen LogP contribution in [0.2, 0.25) is 0 Å². The maximum atomic E-state index is 3.79. The predicted octanol–water partition coefficient (Wildman–Crippen LogP) is 4.20. The van der Waals surface area contributed by atoms with Crippen molar-refractivity contribution in [1.29, 1.82) is 0 Å². The van der Waals surface area contributed by atoms with Gasteiger partial charge in [-0.3, -0.25) is 4.90 Å². The first kappa shape index (κ1) is 16.3. The summed E-state index contributed by atoms with van der Waals surface area (Å²) in [6, 6.07) is 2.36. The summed E-state index contributed by atoms with van der Waals surface area (Å²) < 4.78 is 0. The lowest BCUT2D eigenvalue weighted by Gasteiger charge is -2.47. The van der Waals surface area contributed by atoms with Crippen LogP contribution in [0.4, 0.5) is 0 Å². The zero-order chi connectivity index (χ0) is 14.4. The lowest BCUT2D eigenvalue weighted by atomic mass is 9.81. The Kier molecular flexibility index (Phi) is 6.83. The number of rotatable bonds is 6. The Morgan fingerprint density at radius 1 is 1.10 bits per heavy atom. The molecule has 1 aliphatic carbocycles. The van der Waals surface area contributed by atoms with Crippen LogP contribution < -0.4 is 5.32 Å². The number of nitrogens with zero attached hydrogens (tertiary/aromatic N) is 1. The first-order chi connectivity index (χ1) is 9.80. The standard InChI is InChI=1S/C18H36N2/c1-4-10-16-14-20(17(5-2)13-19-16)18(6-3)15-11-8-7-9-12-15/h15-19H,4-14H2,1-3H3. The van der Waals surface area contributed by atoms with E-state index in [-0.39, 0.29) is 0 Å². The van der Waals surface area contributed by atoms with Gasteiger partial charge in [0.2, 0.25) is 0 Å². The molecule has 2 rings (SSSR count). The monoisotopic (exact) mass is 280 g/mol. The predicted molar refractivity (Wildman–Crippen MR) is 88.1 cm³/mol. The van der Waals surface area contributed by atoms with E-state index in [2.05, 4.69) is 31.0 Å². The summed E-state index contributed by atoms with van der Waals surface area (Å²) in [7, 11) is 0. The summed E-state index contributed by atoms with van der Waals surface area (Å²) in [6.45, 7) is 9.61. The van der Waals surface area contributed by atoms with Gasteiger partial charge in [0.25, 0.3) is 0 Å². The lowest BCUT2D eigenvalue weighted by Crippen LogP contribution is -2.60. The van der Waals surface area contributed by atoms with Gasteiger partial charge in [0, 0.05) is 31.2 Å². The maximum Gasteiger partial charge on any atom is 0.0221 e. The highest BCUT2D eigenvalue weighted by Crippen LogP contribution is 2.32. The van der Waals surface area contributed by atoms with Crippen LogP contribution in [0, 0.1) is 5.92 Å². The Bertz CT molecular complexity index is 260. The molecule has 0 aromatic carbocycles. The Balaban J connectivity index is 2.02. The first-order valence-electron chi connectivity index (χ1n) is 9.29. The summed E-state index contributed by atoms with van der Waals surface area (Å²) in [5, 5.41) is 3.79. The van der Waals surface area contributed by atoms with E-state index in [1.165, 1.54) is 70.9 Å². The van der Waals surface area contributed by atoms with Gasteiger partial charge < -0.3 is 5.32 Å². The van der Waals surface area contributed by atoms with Gasteiger partial charge in [-0.25, -0.2) is 0 Å². The molecule has 0 aromatic heterocycles. The van der Waals surface area contributed by atoms with Crippen molar-refractivity contribution in [2.45, 2.75) is 96.7 Å². The highest BCUT2D eigenvalue weighted by molar-refractivity contribution is 4.91. The van der Waals surface area contributed by atoms with E-state index < -0.39 is 0 Å². The largest absolute Gasteiger partial charge is 0.311 e. The van der Waals surface area contributed by atoms with Crippen LogP contribution in [0.5, 0.6) is 0 Å². The van der Waals surface area contributed by atoms with Crippen molar-refractivity contribution < 1.29 is 0 Å². The minimum absolute atomic E-state index is 0.737. The molecule has 2 aliphatic rings. The molecule has 118 valence electrons. The van der Waals surface area contributed by atoms with Gasteiger partial charge in [0.05, 0.1) is 0 Å². The van der Waals surface area contributed by atoms with Crippen molar-refractivity contribution in [3.63, 3.8) is 0 Å². The Labute approximate surface area is 126 Å². The van der Waals surface area contributed by atoms with Crippen molar-refractivity contribution in [2.24, 2.45) is 5.92 Å². The van der Waals surface area contributed by atoms with Gasteiger partial charge in [-0.15, -0.1) is 0 Å². The summed E-state index contributed by atoms with van der Waals surface area (Å²) in [6.07, 6.45) is 12.7. The summed E-state index contributed by atoms with van der Waals surface area (Å²) in [5.74, 6) is 0.975. The second-order valence-electron chi connectivity index (χ2n) is 7.03. The quantitative estimate of drug-likeness (QED) is 0.784. The molecule has 1 aliphatic heterocycles. The second kappa shape index (κ2) is 8.38. The Morgan fingerprint density at radius 3 is 2.45 bits per heavy atom. The second-order valence-corrected chi connectivity index (χ2v) is 7.03. The van der Waals surface area contributed by atoms with E-state index in [0.717, 1.165) is 24.0 Å². The third-order valence-corrected chi connectivity index (χ3v) is 5.69. The van der Waals surface area contributed by atoms with Crippen LogP contribution in [-0.4, -0.2) is 36.1 Å². The SMILES string of the molecule is CCCC1CN(C(CC)C2CCCCC2)C(CC)CN1. The van der Waals surface area contributed by atoms with Crippen LogP contribution in [0.25, 0.3) is 0 Å². The fourth-order valence-corrected chi connectivity index (χ4v) is 4.57. The summed E-state index contributed by atoms with van der Waals surface area (Å²) in [5.41, 5.74) is 0. The molecular weight excluding hydrogens is 244 g/mol. The minimum Gasteiger partial charge on any atom is -0.311 e. The fourth-order valence-electron chi connectivity index (χ4n) is 4.57. The molecule has 0 bridgehead atoms. The van der Waals surface area contributed by atoms with Crippen molar-refractivity contribution in [3.8, 4) is 0 Å². The van der Waals surface area contributed by atoms with E-state index >= 15 is 0 Å². The molecule has 2 heteroatoms. The molecule has 3 unspecified atom stereocenters. The third-order valence-electron chi connectivity index (χ3n) is 5.69. The molecule has 20 heavy (non-hydrogen) atoms. The lowest BCUT2D eigenvalue weighted by molar-refractivity contribution is 0.0341. The van der Waals surface area contributed by atoms with Crippen LogP contribution in [-0.2, 0) is 0 Å². The zero-order valence-corrected chi connectivity index (χ0v) is 14.0. The number of nitrogens with one attached hydrogen (secondary N) is 1. The van der Waals surface area contributed by atoms with Crippen molar-refractivity contribution in [3.05, 3.63) is 0 Å². The van der Waals surface area contributed by atoms with Gasteiger partial charge in [0.15, 0.2) is 0 Å². The Hall–Kier alpha value is -0.0800. The van der Waals surface area contributed by atoms with Crippen molar-refractivity contribution >= 4 is 0 Å². The first-order valence-corrected chi connectivity index (χ1v) is 9.29. The average Bonchev–Trinajstić information content (AvgIpc) is 2.50. The number of hydrogen-bond acceptors (Lipinski definition) is 2. The molecule has 3 atom stereocenters. The van der Waals surface area contributed by atoms with Crippen LogP contribution >= 0.6 is 0 Å².